The number of amides is 1. The minimum absolute atomic E-state index is 0.0840. The van der Waals surface area contributed by atoms with E-state index in [9.17, 15) is 4.79 Å². The molecule has 0 radical (unpaired) electrons. The molecule has 2 aliphatic heterocycles. The molecule has 1 atom stereocenters. The Labute approximate surface area is 191 Å². The summed E-state index contributed by atoms with van der Waals surface area (Å²) in [5.41, 5.74) is 3.77. The summed E-state index contributed by atoms with van der Waals surface area (Å²) in [7, 11) is 1.66. The van der Waals surface area contributed by atoms with Crippen molar-refractivity contribution in [3.8, 4) is 11.5 Å². The first-order valence-electron chi connectivity index (χ1n) is 11.5. The van der Waals surface area contributed by atoms with Gasteiger partial charge in [-0.1, -0.05) is 57.0 Å². The monoisotopic (exact) mass is 434 g/mol. The second kappa shape index (κ2) is 8.53. The zero-order valence-electron chi connectivity index (χ0n) is 19.8. The lowest BCUT2D eigenvalue weighted by molar-refractivity contribution is -0.124. The number of carbonyl (C=O) groups is 1. The molecule has 5 nitrogen and oxygen atoms in total. The molecular formula is C27H34N2O3. The van der Waals surface area contributed by atoms with Crippen LogP contribution in [0.25, 0.3) is 6.08 Å². The van der Waals surface area contributed by atoms with Gasteiger partial charge in [0.25, 0.3) is 0 Å². The van der Waals surface area contributed by atoms with Gasteiger partial charge in [0.05, 0.1) is 13.7 Å². The number of nitrogens with one attached hydrogen (secondary N) is 1. The molecule has 0 spiro atoms. The molecule has 4 rings (SSSR count). The summed E-state index contributed by atoms with van der Waals surface area (Å²) in [6.07, 6.45) is 6.82. The minimum Gasteiger partial charge on any atom is -0.493 e. The molecule has 1 N–H and O–H groups in total. The Morgan fingerprint density at radius 3 is 2.72 bits per heavy atom. The van der Waals surface area contributed by atoms with Crippen molar-refractivity contribution in [2.24, 2.45) is 0 Å². The van der Waals surface area contributed by atoms with Crippen molar-refractivity contribution in [1.29, 1.82) is 0 Å². The molecule has 1 amide bonds. The number of rotatable bonds is 7. The molecule has 170 valence electrons. The molecule has 0 aliphatic carbocycles. The number of benzene rings is 2. The molecule has 2 aromatic rings. The SMILES string of the molecule is CCCCOc1ccc(C=CC23NC(=O)CCN2c2ccc(C)cc2C3(C)C)cc1OC. The van der Waals surface area contributed by atoms with E-state index >= 15 is 0 Å². The number of methoxy groups -OCH3 is 1. The van der Waals surface area contributed by atoms with Crippen LogP contribution in [0.4, 0.5) is 5.69 Å². The smallest absolute Gasteiger partial charge is 0.223 e. The van der Waals surface area contributed by atoms with Crippen LogP contribution < -0.4 is 19.7 Å². The van der Waals surface area contributed by atoms with Crippen LogP contribution in [0, 0.1) is 6.92 Å². The Balaban J connectivity index is 1.70. The van der Waals surface area contributed by atoms with Gasteiger partial charge < -0.3 is 19.7 Å². The summed E-state index contributed by atoms with van der Waals surface area (Å²) < 4.78 is 11.4. The molecule has 5 heteroatoms. The highest BCUT2D eigenvalue weighted by molar-refractivity contribution is 5.84. The van der Waals surface area contributed by atoms with Crippen LogP contribution in [0.15, 0.2) is 42.5 Å². The topological polar surface area (TPSA) is 50.8 Å². The highest BCUT2D eigenvalue weighted by atomic mass is 16.5. The maximum absolute atomic E-state index is 12.6. The van der Waals surface area contributed by atoms with Gasteiger partial charge in [-0.15, -0.1) is 0 Å². The summed E-state index contributed by atoms with van der Waals surface area (Å²) in [6, 6.07) is 12.6. The van der Waals surface area contributed by atoms with Crippen molar-refractivity contribution < 1.29 is 14.3 Å². The number of aryl methyl sites for hydroxylation is 1. The molecule has 2 aliphatic rings. The van der Waals surface area contributed by atoms with Gasteiger partial charge in [0.15, 0.2) is 11.5 Å². The highest BCUT2D eigenvalue weighted by Crippen LogP contribution is 2.52. The van der Waals surface area contributed by atoms with E-state index in [-0.39, 0.29) is 11.3 Å². The first-order valence-corrected chi connectivity index (χ1v) is 11.5. The summed E-state index contributed by atoms with van der Waals surface area (Å²) in [6.45, 7) is 10.1. The number of anilines is 1. The average Bonchev–Trinajstić information content (AvgIpc) is 2.96. The van der Waals surface area contributed by atoms with Gasteiger partial charge >= 0.3 is 0 Å². The molecular weight excluding hydrogens is 400 g/mol. The minimum atomic E-state index is -0.623. The fourth-order valence-corrected chi connectivity index (χ4v) is 4.92. The van der Waals surface area contributed by atoms with Gasteiger partial charge in [-0.05, 0) is 48.7 Å². The second-order valence-electron chi connectivity index (χ2n) is 9.31. The third kappa shape index (κ3) is 3.64. The van der Waals surface area contributed by atoms with Gasteiger partial charge in [0.1, 0.15) is 5.66 Å². The van der Waals surface area contributed by atoms with Gasteiger partial charge in [-0.25, -0.2) is 0 Å². The molecule has 2 aromatic carbocycles. The largest absolute Gasteiger partial charge is 0.493 e. The van der Waals surface area contributed by atoms with E-state index < -0.39 is 5.66 Å². The van der Waals surface area contributed by atoms with Gasteiger partial charge in [0.2, 0.25) is 5.91 Å². The van der Waals surface area contributed by atoms with Crippen LogP contribution in [0.3, 0.4) is 0 Å². The Morgan fingerprint density at radius 1 is 1.16 bits per heavy atom. The lowest BCUT2D eigenvalue weighted by Gasteiger charge is -2.49. The molecule has 1 saturated heterocycles. The van der Waals surface area contributed by atoms with Gasteiger partial charge in [-0.2, -0.15) is 0 Å². The van der Waals surface area contributed by atoms with Crippen molar-refractivity contribution in [2.75, 3.05) is 25.2 Å². The number of ether oxygens (including phenoxy) is 2. The highest BCUT2D eigenvalue weighted by Gasteiger charge is 2.57. The van der Waals surface area contributed by atoms with Crippen LogP contribution in [0.2, 0.25) is 0 Å². The van der Waals surface area contributed by atoms with Crippen LogP contribution in [0.5, 0.6) is 11.5 Å². The predicted octanol–water partition coefficient (Wildman–Crippen LogP) is 5.21. The molecule has 1 unspecified atom stereocenters. The number of fused-ring (bicyclic) bond motifs is 3. The zero-order chi connectivity index (χ0) is 22.9. The lowest BCUT2D eigenvalue weighted by Crippen LogP contribution is -2.68. The van der Waals surface area contributed by atoms with Crippen molar-refractivity contribution in [3.05, 3.63) is 59.2 Å². The van der Waals surface area contributed by atoms with Crippen molar-refractivity contribution in [3.63, 3.8) is 0 Å². The third-order valence-corrected chi connectivity index (χ3v) is 6.85. The summed E-state index contributed by atoms with van der Waals surface area (Å²) in [5.74, 6) is 1.56. The number of unbranched alkanes of at least 4 members (excludes halogenated alkanes) is 1. The summed E-state index contributed by atoms with van der Waals surface area (Å²) in [5, 5.41) is 3.34. The van der Waals surface area contributed by atoms with Crippen LogP contribution in [-0.4, -0.2) is 31.8 Å². The molecule has 2 heterocycles. The van der Waals surface area contributed by atoms with E-state index in [1.165, 1.54) is 16.8 Å². The normalized spacial score (nSPS) is 21.3. The Morgan fingerprint density at radius 2 is 1.97 bits per heavy atom. The van der Waals surface area contributed by atoms with Crippen LogP contribution >= 0.6 is 0 Å². The van der Waals surface area contributed by atoms with E-state index in [1.807, 2.05) is 18.2 Å². The van der Waals surface area contributed by atoms with Gasteiger partial charge in [0, 0.05) is 24.1 Å². The number of hydrogen-bond donors (Lipinski definition) is 1. The predicted molar refractivity (Wildman–Crippen MR) is 129 cm³/mol. The Bertz CT molecular complexity index is 1040. The molecule has 32 heavy (non-hydrogen) atoms. The van der Waals surface area contributed by atoms with Crippen LogP contribution in [0.1, 0.15) is 56.7 Å². The Hall–Kier alpha value is -2.95. The fraction of sp³-hybridized carbons (Fsp3) is 0.444. The number of nitrogens with zero attached hydrogens (tertiary/aromatic N) is 1. The molecule has 0 aromatic heterocycles. The lowest BCUT2D eigenvalue weighted by atomic mass is 9.74. The molecule has 1 fully saturated rings. The zero-order valence-corrected chi connectivity index (χ0v) is 19.8. The van der Waals surface area contributed by atoms with E-state index in [0.29, 0.717) is 19.6 Å². The third-order valence-electron chi connectivity index (χ3n) is 6.85. The van der Waals surface area contributed by atoms with E-state index in [4.69, 9.17) is 9.47 Å². The molecule has 0 bridgehead atoms. The summed E-state index contributed by atoms with van der Waals surface area (Å²) in [4.78, 5) is 14.9. The first kappa shape index (κ1) is 22.3. The van der Waals surface area contributed by atoms with Gasteiger partial charge in [-0.3, -0.25) is 4.79 Å². The second-order valence-corrected chi connectivity index (χ2v) is 9.31. The van der Waals surface area contributed by atoms with E-state index in [2.05, 4.69) is 68.3 Å². The maximum atomic E-state index is 12.6. The molecule has 0 saturated carbocycles. The quantitative estimate of drug-likeness (QED) is 0.608. The number of carbonyl (C=O) groups excluding carboxylic acids is 1. The van der Waals surface area contributed by atoms with E-state index in [0.717, 1.165) is 29.9 Å². The number of hydrogen-bond acceptors (Lipinski definition) is 4. The summed E-state index contributed by atoms with van der Waals surface area (Å²) >= 11 is 0. The average molecular weight is 435 g/mol. The van der Waals surface area contributed by atoms with E-state index in [1.54, 1.807) is 7.11 Å². The maximum Gasteiger partial charge on any atom is 0.223 e. The van der Waals surface area contributed by atoms with Crippen molar-refractivity contribution in [1.82, 2.24) is 5.32 Å². The standard InChI is InChI=1S/C27H34N2O3/c1-6-7-16-32-23-11-9-20(18-24(23)31-5)12-14-27-26(3,4)21-17-19(2)8-10-22(21)29(27)15-13-25(30)28-27/h8-12,14,17-18H,6-7,13,15-16H2,1-5H3,(H,28,30). The van der Waals surface area contributed by atoms with Crippen molar-refractivity contribution in [2.45, 2.75) is 58.0 Å². The Kier molecular flexibility index (Phi) is 5.93. The first-order chi connectivity index (χ1) is 15.3. The van der Waals surface area contributed by atoms with Crippen LogP contribution in [-0.2, 0) is 10.2 Å². The van der Waals surface area contributed by atoms with Crippen molar-refractivity contribution >= 4 is 17.7 Å². The fourth-order valence-electron chi connectivity index (χ4n) is 4.92.